The predicted octanol–water partition coefficient (Wildman–Crippen LogP) is 4.16. The highest BCUT2D eigenvalue weighted by atomic mass is 16.2. The molecule has 0 spiro atoms. The fraction of sp³-hybridized carbons (Fsp3) is 0.316. The summed E-state index contributed by atoms with van der Waals surface area (Å²) >= 11 is 0. The topological polar surface area (TPSA) is 41.1 Å². The number of urea groups is 1. The summed E-state index contributed by atoms with van der Waals surface area (Å²) in [7, 11) is 0. The molecule has 1 saturated carbocycles. The zero-order valence-electron chi connectivity index (χ0n) is 13.1. The van der Waals surface area contributed by atoms with Crippen molar-refractivity contribution in [3.63, 3.8) is 0 Å². The standard InChI is InChI=1S/C19H22N2O/c1-14-8-9-17(12-15(14)2)21-18(22)20-13-19(10-11-19)16-6-4-3-5-7-16/h3-9,12H,10-11,13H2,1-2H3,(H2,20,21,22). The highest BCUT2D eigenvalue weighted by molar-refractivity contribution is 5.89. The minimum Gasteiger partial charge on any atom is -0.337 e. The lowest BCUT2D eigenvalue weighted by Crippen LogP contribution is -2.35. The van der Waals surface area contributed by atoms with Crippen molar-refractivity contribution in [2.45, 2.75) is 32.1 Å². The summed E-state index contributed by atoms with van der Waals surface area (Å²) in [6, 6.07) is 16.3. The van der Waals surface area contributed by atoms with Gasteiger partial charge in [-0.15, -0.1) is 0 Å². The van der Waals surface area contributed by atoms with E-state index >= 15 is 0 Å². The molecule has 0 saturated heterocycles. The van der Waals surface area contributed by atoms with Gasteiger partial charge in [0, 0.05) is 17.6 Å². The molecule has 2 aromatic carbocycles. The minimum atomic E-state index is -0.134. The Labute approximate surface area is 131 Å². The Morgan fingerprint density at radius 1 is 1.05 bits per heavy atom. The predicted molar refractivity (Wildman–Crippen MR) is 90.3 cm³/mol. The van der Waals surface area contributed by atoms with Crippen LogP contribution < -0.4 is 10.6 Å². The van der Waals surface area contributed by atoms with Crippen LogP contribution in [0.15, 0.2) is 48.5 Å². The van der Waals surface area contributed by atoms with Gasteiger partial charge in [0.1, 0.15) is 0 Å². The van der Waals surface area contributed by atoms with E-state index in [2.05, 4.69) is 41.8 Å². The van der Waals surface area contributed by atoms with Gasteiger partial charge in [-0.1, -0.05) is 36.4 Å². The van der Waals surface area contributed by atoms with Crippen molar-refractivity contribution in [3.05, 3.63) is 65.2 Å². The smallest absolute Gasteiger partial charge is 0.319 e. The van der Waals surface area contributed by atoms with E-state index in [1.807, 2.05) is 31.2 Å². The van der Waals surface area contributed by atoms with Crippen LogP contribution in [0.5, 0.6) is 0 Å². The van der Waals surface area contributed by atoms with Gasteiger partial charge < -0.3 is 10.6 Å². The van der Waals surface area contributed by atoms with Gasteiger partial charge in [0.05, 0.1) is 0 Å². The second-order valence-corrected chi connectivity index (χ2v) is 6.25. The first-order valence-electron chi connectivity index (χ1n) is 7.77. The van der Waals surface area contributed by atoms with E-state index in [9.17, 15) is 4.79 Å². The van der Waals surface area contributed by atoms with Crippen LogP contribution in [0.4, 0.5) is 10.5 Å². The summed E-state index contributed by atoms with van der Waals surface area (Å²) in [5.41, 5.74) is 4.71. The maximum Gasteiger partial charge on any atom is 0.319 e. The van der Waals surface area contributed by atoms with Gasteiger partial charge >= 0.3 is 6.03 Å². The third kappa shape index (κ3) is 3.14. The quantitative estimate of drug-likeness (QED) is 0.873. The number of hydrogen-bond donors (Lipinski definition) is 2. The molecule has 1 aliphatic rings. The normalized spacial score (nSPS) is 15.2. The molecule has 22 heavy (non-hydrogen) atoms. The van der Waals surface area contributed by atoms with Crippen LogP contribution in [0.25, 0.3) is 0 Å². The Hall–Kier alpha value is -2.29. The number of rotatable bonds is 4. The molecular formula is C19H22N2O. The maximum absolute atomic E-state index is 12.1. The molecule has 0 heterocycles. The number of aryl methyl sites for hydroxylation is 2. The molecule has 1 aliphatic carbocycles. The molecule has 3 rings (SSSR count). The fourth-order valence-corrected chi connectivity index (χ4v) is 2.75. The first-order chi connectivity index (χ1) is 10.6. The lowest BCUT2D eigenvalue weighted by Gasteiger charge is -2.17. The lowest BCUT2D eigenvalue weighted by atomic mass is 9.96. The first-order valence-corrected chi connectivity index (χ1v) is 7.77. The number of benzene rings is 2. The molecule has 1 fully saturated rings. The van der Waals surface area contributed by atoms with Gasteiger partial charge in [-0.2, -0.15) is 0 Å². The van der Waals surface area contributed by atoms with Crippen LogP contribution >= 0.6 is 0 Å². The third-order valence-electron chi connectivity index (χ3n) is 4.59. The Morgan fingerprint density at radius 3 is 2.41 bits per heavy atom. The second kappa shape index (κ2) is 5.84. The number of carbonyl (C=O) groups is 1. The van der Waals surface area contributed by atoms with Gasteiger partial charge in [0.25, 0.3) is 0 Å². The molecule has 0 aromatic heterocycles. The van der Waals surface area contributed by atoms with E-state index in [1.54, 1.807) is 0 Å². The highest BCUT2D eigenvalue weighted by Crippen LogP contribution is 2.47. The van der Waals surface area contributed by atoms with Crippen molar-refractivity contribution in [1.82, 2.24) is 5.32 Å². The van der Waals surface area contributed by atoms with Gasteiger partial charge in [0.15, 0.2) is 0 Å². The molecule has 0 unspecified atom stereocenters. The fourth-order valence-electron chi connectivity index (χ4n) is 2.75. The van der Waals surface area contributed by atoms with Gasteiger partial charge in [-0.3, -0.25) is 0 Å². The molecular weight excluding hydrogens is 272 g/mol. The van der Waals surface area contributed by atoms with Crippen LogP contribution in [-0.4, -0.2) is 12.6 Å². The maximum atomic E-state index is 12.1. The van der Waals surface area contributed by atoms with Crippen molar-refractivity contribution in [2.24, 2.45) is 0 Å². The SMILES string of the molecule is Cc1ccc(NC(=O)NCC2(c3ccccc3)CC2)cc1C. The summed E-state index contributed by atoms with van der Waals surface area (Å²) < 4.78 is 0. The van der Waals surface area contributed by atoms with Gasteiger partial charge in [-0.25, -0.2) is 4.79 Å². The zero-order chi connectivity index (χ0) is 15.6. The lowest BCUT2D eigenvalue weighted by molar-refractivity contribution is 0.251. The average Bonchev–Trinajstić information content (AvgIpc) is 3.31. The molecule has 0 radical (unpaired) electrons. The monoisotopic (exact) mass is 294 g/mol. The number of amides is 2. The van der Waals surface area contributed by atoms with E-state index in [4.69, 9.17) is 0 Å². The number of carbonyl (C=O) groups excluding carboxylic acids is 1. The summed E-state index contributed by atoms with van der Waals surface area (Å²) in [4.78, 5) is 12.1. The average molecular weight is 294 g/mol. The zero-order valence-corrected chi connectivity index (χ0v) is 13.1. The van der Waals surface area contributed by atoms with E-state index in [-0.39, 0.29) is 11.4 Å². The molecule has 3 nitrogen and oxygen atoms in total. The van der Waals surface area contributed by atoms with E-state index in [0.717, 1.165) is 18.5 Å². The van der Waals surface area contributed by atoms with Crippen LogP contribution in [0.1, 0.15) is 29.5 Å². The molecule has 2 amide bonds. The molecule has 2 N–H and O–H groups in total. The van der Waals surface area contributed by atoms with Gasteiger partial charge in [-0.05, 0) is 55.5 Å². The molecule has 114 valence electrons. The Kier molecular flexibility index (Phi) is 3.88. The van der Waals surface area contributed by atoms with Crippen LogP contribution in [0.3, 0.4) is 0 Å². The number of hydrogen-bond acceptors (Lipinski definition) is 1. The van der Waals surface area contributed by atoms with Crippen molar-refractivity contribution >= 4 is 11.7 Å². The van der Waals surface area contributed by atoms with Crippen LogP contribution in [0.2, 0.25) is 0 Å². The molecule has 3 heteroatoms. The van der Waals surface area contributed by atoms with Crippen LogP contribution in [0, 0.1) is 13.8 Å². The highest BCUT2D eigenvalue weighted by Gasteiger charge is 2.44. The van der Waals surface area contributed by atoms with Crippen molar-refractivity contribution < 1.29 is 4.79 Å². The third-order valence-corrected chi connectivity index (χ3v) is 4.59. The summed E-state index contributed by atoms with van der Waals surface area (Å²) in [6.07, 6.45) is 2.28. The van der Waals surface area contributed by atoms with E-state index in [1.165, 1.54) is 16.7 Å². The Balaban J connectivity index is 1.58. The molecule has 0 bridgehead atoms. The van der Waals surface area contributed by atoms with Crippen molar-refractivity contribution in [1.29, 1.82) is 0 Å². The minimum absolute atomic E-state index is 0.134. The summed E-state index contributed by atoms with van der Waals surface area (Å²) in [6.45, 7) is 4.80. The molecule has 2 aromatic rings. The number of nitrogens with one attached hydrogen (secondary N) is 2. The molecule has 0 aliphatic heterocycles. The molecule has 0 atom stereocenters. The first kappa shape index (κ1) is 14.6. The number of anilines is 1. The van der Waals surface area contributed by atoms with Crippen molar-refractivity contribution in [2.75, 3.05) is 11.9 Å². The van der Waals surface area contributed by atoms with Crippen molar-refractivity contribution in [3.8, 4) is 0 Å². The van der Waals surface area contributed by atoms with E-state index < -0.39 is 0 Å². The summed E-state index contributed by atoms with van der Waals surface area (Å²) in [5, 5.41) is 5.93. The largest absolute Gasteiger partial charge is 0.337 e. The van der Waals surface area contributed by atoms with Crippen LogP contribution in [-0.2, 0) is 5.41 Å². The van der Waals surface area contributed by atoms with E-state index in [0.29, 0.717) is 6.54 Å². The Bertz CT molecular complexity index is 675. The second-order valence-electron chi connectivity index (χ2n) is 6.25. The van der Waals surface area contributed by atoms with Gasteiger partial charge in [0.2, 0.25) is 0 Å². The Morgan fingerprint density at radius 2 is 1.77 bits per heavy atom. The summed E-state index contributed by atoms with van der Waals surface area (Å²) in [5.74, 6) is 0.